The lowest BCUT2D eigenvalue weighted by molar-refractivity contribution is 0.0961. The van der Waals surface area contributed by atoms with E-state index in [1.807, 2.05) is 0 Å². The molecule has 1 unspecified atom stereocenters. The molecule has 1 saturated heterocycles. The second-order valence-corrected chi connectivity index (χ2v) is 5.03. The predicted molar refractivity (Wildman–Crippen MR) is 62.1 cm³/mol. The first-order chi connectivity index (χ1) is 7.34. The van der Waals surface area contributed by atoms with Crippen LogP contribution < -0.4 is 5.32 Å². The summed E-state index contributed by atoms with van der Waals surface area (Å²) in [5.41, 5.74) is 0. The monoisotopic (exact) mass is 212 g/mol. The highest BCUT2D eigenvalue weighted by atomic mass is 16.5. The lowest BCUT2D eigenvalue weighted by Gasteiger charge is -2.21. The van der Waals surface area contributed by atoms with E-state index >= 15 is 0 Å². The van der Waals surface area contributed by atoms with E-state index in [1.54, 1.807) is 0 Å². The van der Waals surface area contributed by atoms with Crippen molar-refractivity contribution in [2.24, 2.45) is 5.92 Å². The summed E-state index contributed by atoms with van der Waals surface area (Å²) in [6.45, 7) is 8.87. The summed E-state index contributed by atoms with van der Waals surface area (Å²) in [7, 11) is 0. The first-order valence-corrected chi connectivity index (χ1v) is 6.38. The van der Waals surface area contributed by atoms with Crippen LogP contribution in [0.5, 0.6) is 0 Å². The molecule has 2 rings (SSSR count). The van der Waals surface area contributed by atoms with E-state index in [0.717, 1.165) is 25.7 Å². The standard InChI is InChI=1S/C12H24N2O/c1-11-9-14(6-2-5-13-11)7-8-15-10-12-3-4-12/h11-13H,2-10H2,1H3. The Morgan fingerprint density at radius 3 is 3.07 bits per heavy atom. The van der Waals surface area contributed by atoms with Crippen LogP contribution in [0.4, 0.5) is 0 Å². The van der Waals surface area contributed by atoms with Crippen LogP contribution in [0.3, 0.4) is 0 Å². The van der Waals surface area contributed by atoms with E-state index in [1.165, 1.54) is 38.9 Å². The Balaban J connectivity index is 1.55. The van der Waals surface area contributed by atoms with Gasteiger partial charge in [0.15, 0.2) is 0 Å². The first-order valence-electron chi connectivity index (χ1n) is 6.38. The quantitative estimate of drug-likeness (QED) is 0.691. The van der Waals surface area contributed by atoms with Crippen LogP contribution in [0.1, 0.15) is 26.2 Å². The molecule has 2 fully saturated rings. The molecule has 3 heteroatoms. The summed E-state index contributed by atoms with van der Waals surface area (Å²) in [6, 6.07) is 0.635. The number of nitrogens with one attached hydrogen (secondary N) is 1. The van der Waals surface area contributed by atoms with E-state index < -0.39 is 0 Å². The lowest BCUT2D eigenvalue weighted by atomic mass is 10.3. The molecule has 88 valence electrons. The second kappa shape index (κ2) is 5.83. The van der Waals surface area contributed by atoms with Crippen LogP contribution in [0.2, 0.25) is 0 Å². The highest BCUT2D eigenvalue weighted by molar-refractivity contribution is 4.74. The maximum Gasteiger partial charge on any atom is 0.0593 e. The summed E-state index contributed by atoms with van der Waals surface area (Å²) in [6.07, 6.45) is 4.06. The van der Waals surface area contributed by atoms with Crippen molar-refractivity contribution in [2.45, 2.75) is 32.2 Å². The largest absolute Gasteiger partial charge is 0.380 e. The van der Waals surface area contributed by atoms with Gasteiger partial charge in [-0.25, -0.2) is 0 Å². The summed E-state index contributed by atoms with van der Waals surface area (Å²) < 4.78 is 5.67. The molecule has 0 aromatic carbocycles. The molecule has 3 nitrogen and oxygen atoms in total. The smallest absolute Gasteiger partial charge is 0.0593 e. The van der Waals surface area contributed by atoms with Crippen molar-refractivity contribution in [1.82, 2.24) is 10.2 Å². The van der Waals surface area contributed by atoms with Gasteiger partial charge in [-0.05, 0) is 45.2 Å². The summed E-state index contributed by atoms with van der Waals surface area (Å²) in [5, 5.41) is 3.51. The van der Waals surface area contributed by atoms with Crippen LogP contribution >= 0.6 is 0 Å². The molecule has 0 amide bonds. The van der Waals surface area contributed by atoms with E-state index in [2.05, 4.69) is 17.1 Å². The number of ether oxygens (including phenoxy) is 1. The van der Waals surface area contributed by atoms with E-state index in [9.17, 15) is 0 Å². The Morgan fingerprint density at radius 2 is 2.27 bits per heavy atom. The predicted octanol–water partition coefficient (Wildman–Crippen LogP) is 1.10. The Kier molecular flexibility index (Phi) is 4.42. The average molecular weight is 212 g/mol. The van der Waals surface area contributed by atoms with Crippen LogP contribution in [-0.4, -0.2) is 50.3 Å². The minimum atomic E-state index is 0.635. The van der Waals surface area contributed by atoms with Crippen molar-refractivity contribution in [3.63, 3.8) is 0 Å². The molecule has 0 aromatic rings. The summed E-state index contributed by atoms with van der Waals surface area (Å²) >= 11 is 0. The zero-order valence-corrected chi connectivity index (χ0v) is 9.87. The van der Waals surface area contributed by atoms with Crippen molar-refractivity contribution in [2.75, 3.05) is 39.4 Å². The maximum absolute atomic E-state index is 5.67. The molecule has 2 aliphatic rings. The Bertz CT molecular complexity index is 182. The Morgan fingerprint density at radius 1 is 1.40 bits per heavy atom. The molecule has 1 atom stereocenters. The zero-order valence-electron chi connectivity index (χ0n) is 9.87. The van der Waals surface area contributed by atoms with Gasteiger partial charge in [-0.15, -0.1) is 0 Å². The average Bonchev–Trinajstić information content (AvgIpc) is 3.01. The van der Waals surface area contributed by atoms with Crippen LogP contribution in [0, 0.1) is 5.92 Å². The van der Waals surface area contributed by atoms with Crippen LogP contribution in [0.25, 0.3) is 0 Å². The molecule has 15 heavy (non-hydrogen) atoms. The second-order valence-electron chi connectivity index (χ2n) is 5.03. The minimum Gasteiger partial charge on any atom is -0.380 e. The van der Waals surface area contributed by atoms with Gasteiger partial charge in [0, 0.05) is 25.7 Å². The van der Waals surface area contributed by atoms with Gasteiger partial charge in [0.05, 0.1) is 6.61 Å². The molecule has 0 aromatic heterocycles. The van der Waals surface area contributed by atoms with Crippen LogP contribution in [-0.2, 0) is 4.74 Å². The fraction of sp³-hybridized carbons (Fsp3) is 1.00. The Hall–Kier alpha value is -0.120. The fourth-order valence-corrected chi connectivity index (χ4v) is 2.13. The first kappa shape index (κ1) is 11.4. The number of hydrogen-bond donors (Lipinski definition) is 1. The molecule has 0 bridgehead atoms. The third-order valence-electron chi connectivity index (χ3n) is 3.28. The van der Waals surface area contributed by atoms with Gasteiger partial charge < -0.3 is 10.1 Å². The minimum absolute atomic E-state index is 0.635. The maximum atomic E-state index is 5.67. The molecule has 1 aliphatic heterocycles. The van der Waals surface area contributed by atoms with Crippen molar-refractivity contribution >= 4 is 0 Å². The summed E-state index contributed by atoms with van der Waals surface area (Å²) in [5.74, 6) is 0.898. The molecule has 0 spiro atoms. The molecule has 0 radical (unpaired) electrons. The third-order valence-corrected chi connectivity index (χ3v) is 3.28. The normalized spacial score (nSPS) is 29.0. The number of rotatable bonds is 5. The molecule has 1 heterocycles. The van der Waals surface area contributed by atoms with Crippen LogP contribution in [0.15, 0.2) is 0 Å². The van der Waals surface area contributed by atoms with Gasteiger partial charge in [-0.1, -0.05) is 0 Å². The van der Waals surface area contributed by atoms with Gasteiger partial charge in [0.2, 0.25) is 0 Å². The number of nitrogens with zero attached hydrogens (tertiary/aromatic N) is 1. The van der Waals surface area contributed by atoms with E-state index in [0.29, 0.717) is 6.04 Å². The van der Waals surface area contributed by atoms with Gasteiger partial charge in [-0.2, -0.15) is 0 Å². The highest BCUT2D eigenvalue weighted by Gasteiger charge is 2.21. The topological polar surface area (TPSA) is 24.5 Å². The van der Waals surface area contributed by atoms with Gasteiger partial charge >= 0.3 is 0 Å². The van der Waals surface area contributed by atoms with Crippen molar-refractivity contribution in [3.05, 3.63) is 0 Å². The fourth-order valence-electron chi connectivity index (χ4n) is 2.13. The van der Waals surface area contributed by atoms with E-state index in [-0.39, 0.29) is 0 Å². The van der Waals surface area contributed by atoms with E-state index in [4.69, 9.17) is 4.74 Å². The van der Waals surface area contributed by atoms with Gasteiger partial charge in [-0.3, -0.25) is 4.90 Å². The van der Waals surface area contributed by atoms with Crippen molar-refractivity contribution in [3.8, 4) is 0 Å². The Labute approximate surface area is 93.2 Å². The zero-order chi connectivity index (χ0) is 10.5. The van der Waals surface area contributed by atoms with Crippen molar-refractivity contribution in [1.29, 1.82) is 0 Å². The molecule has 1 N–H and O–H groups in total. The number of hydrogen-bond acceptors (Lipinski definition) is 3. The van der Waals surface area contributed by atoms with Gasteiger partial charge in [0.1, 0.15) is 0 Å². The molecular formula is C12H24N2O. The summed E-state index contributed by atoms with van der Waals surface area (Å²) in [4.78, 5) is 2.53. The molecule has 1 aliphatic carbocycles. The molecular weight excluding hydrogens is 188 g/mol. The lowest BCUT2D eigenvalue weighted by Crippen LogP contribution is -2.37. The van der Waals surface area contributed by atoms with Gasteiger partial charge in [0.25, 0.3) is 0 Å². The molecule has 1 saturated carbocycles. The highest BCUT2D eigenvalue weighted by Crippen LogP contribution is 2.28. The van der Waals surface area contributed by atoms with Crippen molar-refractivity contribution < 1.29 is 4.74 Å². The third kappa shape index (κ3) is 4.49. The SMILES string of the molecule is CC1CN(CCOCC2CC2)CCCN1.